The van der Waals surface area contributed by atoms with Crippen LogP contribution in [0.3, 0.4) is 0 Å². The van der Waals surface area contributed by atoms with Crippen LogP contribution >= 0.6 is 0 Å². The molecule has 3 rings (SSSR count). The van der Waals surface area contributed by atoms with E-state index in [1.54, 1.807) is 6.92 Å². The lowest BCUT2D eigenvalue weighted by molar-refractivity contribution is -0.472. The fraction of sp³-hybridized carbons (Fsp3) is 0.913. The first-order valence-corrected chi connectivity index (χ1v) is 13.0. The number of rotatable bonds is 9. The van der Waals surface area contributed by atoms with Gasteiger partial charge in [0, 0.05) is 13.8 Å². The Hall–Kier alpha value is -1.62. The van der Waals surface area contributed by atoms with E-state index in [4.69, 9.17) is 23.7 Å². The fourth-order valence-electron chi connectivity index (χ4n) is 5.17. The molecule has 15 atom stereocenters. The molecule has 3 fully saturated rings. The molecule has 18 heteroatoms. The highest BCUT2D eigenvalue weighted by molar-refractivity contribution is 5.73. The van der Waals surface area contributed by atoms with Crippen molar-refractivity contribution in [2.45, 2.75) is 112 Å². The van der Waals surface area contributed by atoms with Gasteiger partial charge in [-0.1, -0.05) is 0 Å². The molecule has 0 bridgehead atoms. The number of hydrogen-bond donors (Lipinski definition) is 11. The predicted octanol–water partition coefficient (Wildman–Crippen LogP) is -6.90. The largest absolute Gasteiger partial charge is 0.394 e. The minimum absolute atomic E-state index is 0.508. The van der Waals surface area contributed by atoms with Gasteiger partial charge in [0.2, 0.25) is 11.8 Å². The van der Waals surface area contributed by atoms with E-state index >= 15 is 0 Å². The molecule has 2 amide bonds. The van der Waals surface area contributed by atoms with Crippen LogP contribution in [0.2, 0.25) is 0 Å². The van der Waals surface area contributed by atoms with Crippen LogP contribution in [0, 0.1) is 0 Å². The molecule has 0 aromatic rings. The Kier molecular flexibility index (Phi) is 11.4. The maximum Gasteiger partial charge on any atom is 0.311 e. The maximum absolute atomic E-state index is 12.1. The lowest BCUT2D eigenvalue weighted by Gasteiger charge is -2.51. The second kappa shape index (κ2) is 13.8. The van der Waals surface area contributed by atoms with Crippen molar-refractivity contribution >= 4 is 11.8 Å². The van der Waals surface area contributed by atoms with Crippen LogP contribution in [-0.4, -0.2) is 169 Å². The standard InChI is InChI=1S/C23H40N2O16/c1-7-13(24-8(2)29)20(16(32)10(4-26)37-7)39-22-14(25-9(3)30)17(33)19(12(6-28)38-22)41-23(36)21(35)18(34)15(31)11(5-27)40-23/h7,10-22,26-28,31-36H,4-6H2,1-3H3,(H,24,29)(H,25,30)/t7?,10?,11?,12?,13?,14?,15-,16-,17+,18-,19-,20+,21?,22-,23+/m0/s1. The molecule has 11 N–H and O–H groups in total. The van der Waals surface area contributed by atoms with Crippen molar-refractivity contribution in [3.8, 4) is 0 Å². The van der Waals surface area contributed by atoms with Gasteiger partial charge in [-0.2, -0.15) is 0 Å². The van der Waals surface area contributed by atoms with Crippen molar-refractivity contribution < 1.29 is 79.2 Å². The summed E-state index contributed by atoms with van der Waals surface area (Å²) in [6.07, 6.45) is -19.6. The van der Waals surface area contributed by atoms with Gasteiger partial charge in [0.15, 0.2) is 12.4 Å². The zero-order valence-corrected chi connectivity index (χ0v) is 22.6. The van der Waals surface area contributed by atoms with E-state index in [-0.39, 0.29) is 0 Å². The highest BCUT2D eigenvalue weighted by Gasteiger charge is 2.59. The summed E-state index contributed by atoms with van der Waals surface area (Å²) in [7, 11) is 0. The molecule has 3 aliphatic heterocycles. The van der Waals surface area contributed by atoms with Crippen molar-refractivity contribution in [2.24, 2.45) is 0 Å². The Balaban J connectivity index is 1.92. The summed E-state index contributed by atoms with van der Waals surface area (Å²) >= 11 is 0. The van der Waals surface area contributed by atoms with Gasteiger partial charge in [0.1, 0.15) is 61.0 Å². The molecule has 3 aliphatic rings. The normalized spacial score (nSPS) is 47.0. The molecular formula is C23H40N2O16. The van der Waals surface area contributed by atoms with E-state index in [1.165, 1.54) is 6.92 Å². The molecule has 0 aliphatic carbocycles. The quantitative estimate of drug-likeness (QED) is 0.110. The molecule has 7 unspecified atom stereocenters. The smallest absolute Gasteiger partial charge is 0.311 e. The Labute approximate surface area is 234 Å². The van der Waals surface area contributed by atoms with Crippen LogP contribution in [0.25, 0.3) is 0 Å². The van der Waals surface area contributed by atoms with E-state index in [0.29, 0.717) is 0 Å². The lowest BCUT2D eigenvalue weighted by Crippen LogP contribution is -2.72. The van der Waals surface area contributed by atoms with E-state index < -0.39 is 123 Å². The van der Waals surface area contributed by atoms with Gasteiger partial charge < -0.3 is 80.3 Å². The zero-order chi connectivity index (χ0) is 30.8. The Bertz CT molecular complexity index is 898. The second-order valence-electron chi connectivity index (χ2n) is 10.3. The average Bonchev–Trinajstić information content (AvgIpc) is 2.91. The number of amides is 2. The summed E-state index contributed by atoms with van der Waals surface area (Å²) in [5.41, 5.74) is 0. The molecule has 3 heterocycles. The van der Waals surface area contributed by atoms with Gasteiger partial charge >= 0.3 is 5.97 Å². The number of nitrogens with one attached hydrogen (secondary N) is 2. The molecule has 0 aromatic heterocycles. The SMILES string of the molecule is CC(=O)NC1[C@H](O[C@@H]2C(NC(C)=O)C(C)OC(CO)[C@@H]2O)OC(CO)[C@H](O[C@]2(O)OC(CO)[C@H](O)[C@H](O)C2O)[C@@H]1O. The van der Waals surface area contributed by atoms with Crippen LogP contribution in [0.4, 0.5) is 0 Å². The van der Waals surface area contributed by atoms with Gasteiger partial charge in [-0.25, -0.2) is 0 Å². The monoisotopic (exact) mass is 600 g/mol. The van der Waals surface area contributed by atoms with Gasteiger partial charge in [-0.3, -0.25) is 9.59 Å². The topological polar surface area (TPSA) is 286 Å². The maximum atomic E-state index is 12.1. The van der Waals surface area contributed by atoms with E-state index in [2.05, 4.69) is 10.6 Å². The molecule has 0 saturated carbocycles. The number of carbonyl (C=O) groups excluding carboxylic acids is 2. The third kappa shape index (κ3) is 7.13. The summed E-state index contributed by atoms with van der Waals surface area (Å²) in [5, 5.41) is 97.6. The van der Waals surface area contributed by atoms with Crippen LogP contribution in [0.15, 0.2) is 0 Å². The van der Waals surface area contributed by atoms with Crippen LogP contribution < -0.4 is 10.6 Å². The molecular weight excluding hydrogens is 560 g/mol. The Morgan fingerprint density at radius 2 is 1.32 bits per heavy atom. The summed E-state index contributed by atoms with van der Waals surface area (Å²) in [4.78, 5) is 23.9. The van der Waals surface area contributed by atoms with Gasteiger partial charge in [0.25, 0.3) is 0 Å². The Morgan fingerprint density at radius 1 is 0.756 bits per heavy atom. The Morgan fingerprint density at radius 3 is 1.85 bits per heavy atom. The number of hydrogen-bond acceptors (Lipinski definition) is 16. The summed E-state index contributed by atoms with van der Waals surface area (Å²) < 4.78 is 27.7. The molecule has 3 saturated heterocycles. The number of ether oxygens (including phenoxy) is 5. The van der Waals surface area contributed by atoms with Crippen molar-refractivity contribution in [1.29, 1.82) is 0 Å². The second-order valence-corrected chi connectivity index (χ2v) is 10.3. The lowest BCUT2D eigenvalue weighted by atomic mass is 9.92. The van der Waals surface area contributed by atoms with E-state index in [9.17, 15) is 55.5 Å². The van der Waals surface area contributed by atoms with Gasteiger partial charge in [-0.15, -0.1) is 0 Å². The summed E-state index contributed by atoms with van der Waals surface area (Å²) in [6.45, 7) is 1.42. The average molecular weight is 601 g/mol. The van der Waals surface area contributed by atoms with Crippen LogP contribution in [0.5, 0.6) is 0 Å². The molecule has 0 aromatic carbocycles. The van der Waals surface area contributed by atoms with Crippen molar-refractivity contribution in [2.75, 3.05) is 19.8 Å². The van der Waals surface area contributed by atoms with Crippen molar-refractivity contribution in [3.05, 3.63) is 0 Å². The third-order valence-electron chi connectivity index (χ3n) is 7.26. The van der Waals surface area contributed by atoms with Gasteiger partial charge in [-0.05, 0) is 6.92 Å². The molecule has 41 heavy (non-hydrogen) atoms. The summed E-state index contributed by atoms with van der Waals surface area (Å²) in [5.74, 6) is -4.35. The van der Waals surface area contributed by atoms with Crippen LogP contribution in [0.1, 0.15) is 20.8 Å². The predicted molar refractivity (Wildman–Crippen MR) is 129 cm³/mol. The number of aliphatic hydroxyl groups is 9. The highest BCUT2D eigenvalue weighted by Crippen LogP contribution is 2.35. The van der Waals surface area contributed by atoms with Gasteiger partial charge in [0.05, 0.1) is 32.0 Å². The fourth-order valence-corrected chi connectivity index (χ4v) is 5.17. The minimum atomic E-state index is -3.14. The third-order valence-corrected chi connectivity index (χ3v) is 7.26. The molecule has 0 spiro atoms. The molecule has 238 valence electrons. The first kappa shape index (κ1) is 33.9. The van der Waals surface area contributed by atoms with E-state index in [0.717, 1.165) is 6.92 Å². The highest BCUT2D eigenvalue weighted by atomic mass is 16.8. The minimum Gasteiger partial charge on any atom is -0.394 e. The number of aliphatic hydroxyl groups excluding tert-OH is 8. The first-order chi connectivity index (χ1) is 19.2. The molecule has 0 radical (unpaired) electrons. The summed E-state index contributed by atoms with van der Waals surface area (Å²) in [6, 6.07) is -2.54. The van der Waals surface area contributed by atoms with E-state index in [1.807, 2.05) is 0 Å². The zero-order valence-electron chi connectivity index (χ0n) is 22.6. The van der Waals surface area contributed by atoms with Crippen molar-refractivity contribution in [3.63, 3.8) is 0 Å². The molecule has 18 nitrogen and oxygen atoms in total. The van der Waals surface area contributed by atoms with Crippen LogP contribution in [-0.2, 0) is 33.3 Å². The van der Waals surface area contributed by atoms with Crippen molar-refractivity contribution in [1.82, 2.24) is 10.6 Å². The number of carbonyl (C=O) groups is 2. The first-order valence-electron chi connectivity index (χ1n) is 13.0.